The average Bonchev–Trinajstić information content (AvgIpc) is 2.92. The third-order valence-corrected chi connectivity index (χ3v) is 4.10. The zero-order chi connectivity index (χ0) is 15.6. The highest BCUT2D eigenvalue weighted by Gasteiger charge is 2.39. The maximum absolute atomic E-state index is 12.5. The van der Waals surface area contributed by atoms with Crippen molar-refractivity contribution in [3.8, 4) is 0 Å². The molecule has 8 heteroatoms. The molecule has 1 N–H and O–H groups in total. The molecular formula is C13H14Cl2N2O4. The molecule has 1 aromatic heterocycles. The van der Waals surface area contributed by atoms with E-state index in [2.05, 4.69) is 4.98 Å². The second-order valence-electron chi connectivity index (χ2n) is 4.64. The summed E-state index contributed by atoms with van der Waals surface area (Å²) < 4.78 is 5.21. The number of aromatic nitrogens is 1. The number of aliphatic carboxylic acids is 1. The first-order valence-corrected chi connectivity index (χ1v) is 7.13. The van der Waals surface area contributed by atoms with E-state index >= 15 is 0 Å². The number of carboxylic acid groups (broad SMARTS) is 1. The van der Waals surface area contributed by atoms with Crippen molar-refractivity contribution in [1.82, 2.24) is 9.88 Å². The Morgan fingerprint density at radius 3 is 2.76 bits per heavy atom. The number of likely N-dealkylation sites (N-methyl/N-ethyl adjacent to an activating group) is 1. The summed E-state index contributed by atoms with van der Waals surface area (Å²) in [6.45, 7) is 2.44. The van der Waals surface area contributed by atoms with Gasteiger partial charge in [-0.25, -0.2) is 4.98 Å². The average molecular weight is 333 g/mol. The first-order chi connectivity index (χ1) is 9.95. The number of amides is 1. The van der Waals surface area contributed by atoms with Crippen LogP contribution < -0.4 is 0 Å². The minimum atomic E-state index is -0.976. The molecule has 1 aliphatic heterocycles. The molecule has 0 spiro atoms. The Balaban J connectivity index is 2.26. The van der Waals surface area contributed by atoms with Gasteiger partial charge in [0.15, 0.2) is 0 Å². The Morgan fingerprint density at radius 2 is 2.19 bits per heavy atom. The number of rotatable bonds is 4. The molecule has 2 unspecified atom stereocenters. The van der Waals surface area contributed by atoms with Crippen LogP contribution >= 0.6 is 23.2 Å². The second-order valence-corrected chi connectivity index (χ2v) is 5.40. The van der Waals surface area contributed by atoms with Crippen molar-refractivity contribution in [2.75, 3.05) is 19.8 Å². The van der Waals surface area contributed by atoms with Gasteiger partial charge in [-0.15, -0.1) is 0 Å². The Labute approximate surface area is 131 Å². The second kappa shape index (κ2) is 6.60. The summed E-state index contributed by atoms with van der Waals surface area (Å²) in [6.07, 6.45) is 1.32. The normalized spacial score (nSPS) is 21.3. The van der Waals surface area contributed by atoms with E-state index < -0.39 is 17.9 Å². The molecule has 1 aromatic rings. The number of hydrogen-bond donors (Lipinski definition) is 1. The first-order valence-electron chi connectivity index (χ1n) is 6.38. The van der Waals surface area contributed by atoms with Crippen LogP contribution in [0.1, 0.15) is 17.3 Å². The first kappa shape index (κ1) is 16.0. The molecule has 1 fully saturated rings. The number of pyridine rings is 1. The van der Waals surface area contributed by atoms with Crippen LogP contribution in [-0.4, -0.2) is 52.7 Å². The van der Waals surface area contributed by atoms with Crippen LogP contribution in [0.15, 0.2) is 12.3 Å². The van der Waals surface area contributed by atoms with Gasteiger partial charge in [-0.05, 0) is 13.0 Å². The van der Waals surface area contributed by atoms with Crippen molar-refractivity contribution in [3.63, 3.8) is 0 Å². The lowest BCUT2D eigenvalue weighted by atomic mass is 10.0. The number of carboxylic acids is 1. The van der Waals surface area contributed by atoms with E-state index in [9.17, 15) is 14.7 Å². The number of carbonyl (C=O) groups excluding carboxylic acids is 1. The third kappa shape index (κ3) is 3.28. The minimum absolute atomic E-state index is 0.101. The van der Waals surface area contributed by atoms with Gasteiger partial charge < -0.3 is 14.7 Å². The highest BCUT2D eigenvalue weighted by molar-refractivity contribution is 6.41. The highest BCUT2D eigenvalue weighted by Crippen LogP contribution is 2.24. The smallest absolute Gasteiger partial charge is 0.311 e. The van der Waals surface area contributed by atoms with Gasteiger partial charge in [-0.1, -0.05) is 23.2 Å². The van der Waals surface area contributed by atoms with Gasteiger partial charge in [-0.3, -0.25) is 9.59 Å². The molecule has 6 nitrogen and oxygen atoms in total. The van der Waals surface area contributed by atoms with E-state index in [0.29, 0.717) is 6.54 Å². The predicted octanol–water partition coefficient (Wildman–Crippen LogP) is 1.95. The fraction of sp³-hybridized carbons (Fsp3) is 0.462. The Morgan fingerprint density at radius 1 is 1.48 bits per heavy atom. The van der Waals surface area contributed by atoms with Crippen LogP contribution in [0.5, 0.6) is 0 Å². The van der Waals surface area contributed by atoms with Crippen molar-refractivity contribution in [1.29, 1.82) is 0 Å². The molecule has 21 heavy (non-hydrogen) atoms. The molecule has 1 amide bonds. The molecule has 0 aromatic carbocycles. The van der Waals surface area contributed by atoms with Crippen molar-refractivity contribution < 1.29 is 19.4 Å². The van der Waals surface area contributed by atoms with Gasteiger partial charge in [0, 0.05) is 12.7 Å². The summed E-state index contributed by atoms with van der Waals surface area (Å²) in [5, 5.41) is 9.48. The summed E-state index contributed by atoms with van der Waals surface area (Å²) >= 11 is 11.6. The van der Waals surface area contributed by atoms with E-state index in [1.54, 1.807) is 6.92 Å². The van der Waals surface area contributed by atoms with E-state index in [0.717, 1.165) is 0 Å². The van der Waals surface area contributed by atoms with Crippen molar-refractivity contribution in [2.24, 2.45) is 5.92 Å². The van der Waals surface area contributed by atoms with Crippen LogP contribution in [0.4, 0.5) is 0 Å². The molecule has 2 heterocycles. The van der Waals surface area contributed by atoms with Gasteiger partial charge in [0.05, 0.1) is 29.8 Å². The summed E-state index contributed by atoms with van der Waals surface area (Å²) in [5.41, 5.74) is 0.266. The lowest BCUT2D eigenvalue weighted by molar-refractivity contribution is -0.142. The molecule has 0 aliphatic carbocycles. The lowest BCUT2D eigenvalue weighted by Gasteiger charge is -2.29. The summed E-state index contributed by atoms with van der Waals surface area (Å²) in [6, 6.07) is 0.919. The number of halogens is 2. The summed E-state index contributed by atoms with van der Waals surface area (Å²) in [4.78, 5) is 29.1. The highest BCUT2D eigenvalue weighted by atomic mass is 35.5. The monoisotopic (exact) mass is 332 g/mol. The number of ether oxygens (including phenoxy) is 1. The summed E-state index contributed by atoms with van der Waals surface area (Å²) in [5.74, 6) is -2.05. The lowest BCUT2D eigenvalue weighted by Crippen LogP contribution is -2.46. The molecule has 0 bridgehead atoms. The zero-order valence-electron chi connectivity index (χ0n) is 11.3. The van der Waals surface area contributed by atoms with E-state index in [1.807, 2.05) is 0 Å². The molecule has 0 saturated carbocycles. The number of nitrogens with zero attached hydrogens (tertiary/aromatic N) is 2. The van der Waals surface area contributed by atoms with Gasteiger partial charge in [-0.2, -0.15) is 0 Å². The fourth-order valence-corrected chi connectivity index (χ4v) is 2.59. The molecule has 1 aliphatic rings. The van der Waals surface area contributed by atoms with E-state index in [-0.39, 0.29) is 34.9 Å². The fourth-order valence-electron chi connectivity index (χ4n) is 2.32. The van der Waals surface area contributed by atoms with Gasteiger partial charge in [0.1, 0.15) is 11.1 Å². The largest absolute Gasteiger partial charge is 0.481 e. The molecule has 2 atom stereocenters. The van der Waals surface area contributed by atoms with Crippen molar-refractivity contribution in [3.05, 3.63) is 28.0 Å². The molecule has 1 saturated heterocycles. The SMILES string of the molecule is CCN(C(=O)c1cnc(Cl)c(Cl)c1)C1COCC1C(=O)O. The van der Waals surface area contributed by atoms with Crippen LogP contribution in [-0.2, 0) is 9.53 Å². The maximum atomic E-state index is 12.5. The number of hydrogen-bond acceptors (Lipinski definition) is 4. The van der Waals surface area contributed by atoms with Crippen LogP contribution in [0.3, 0.4) is 0 Å². The maximum Gasteiger partial charge on any atom is 0.311 e. The minimum Gasteiger partial charge on any atom is -0.481 e. The quantitative estimate of drug-likeness (QED) is 0.852. The van der Waals surface area contributed by atoms with Gasteiger partial charge in [0.2, 0.25) is 0 Å². The van der Waals surface area contributed by atoms with Gasteiger partial charge >= 0.3 is 5.97 Å². The van der Waals surface area contributed by atoms with Crippen LogP contribution in [0, 0.1) is 5.92 Å². The third-order valence-electron chi connectivity index (χ3n) is 3.41. The van der Waals surface area contributed by atoms with Gasteiger partial charge in [0.25, 0.3) is 5.91 Å². The number of carbonyl (C=O) groups is 2. The van der Waals surface area contributed by atoms with Crippen LogP contribution in [0.25, 0.3) is 0 Å². The molecular weight excluding hydrogens is 319 g/mol. The van der Waals surface area contributed by atoms with Crippen molar-refractivity contribution in [2.45, 2.75) is 13.0 Å². The summed E-state index contributed by atoms with van der Waals surface area (Å²) in [7, 11) is 0. The Hall–Kier alpha value is -1.37. The standard InChI is InChI=1S/C13H14Cl2N2O4/c1-2-17(10-6-21-5-8(10)13(19)20)12(18)7-3-9(14)11(15)16-4-7/h3-4,8,10H,2,5-6H2,1H3,(H,19,20). The van der Waals surface area contributed by atoms with Crippen molar-refractivity contribution >= 4 is 35.1 Å². The topological polar surface area (TPSA) is 79.7 Å². The molecule has 0 radical (unpaired) electrons. The zero-order valence-corrected chi connectivity index (χ0v) is 12.8. The Bertz CT molecular complexity index is 567. The molecule has 2 rings (SSSR count). The van der Waals surface area contributed by atoms with Crippen LogP contribution in [0.2, 0.25) is 10.2 Å². The Kier molecular flexibility index (Phi) is 5.03. The predicted molar refractivity (Wildman–Crippen MR) is 76.7 cm³/mol. The van der Waals surface area contributed by atoms with E-state index in [4.69, 9.17) is 27.9 Å². The van der Waals surface area contributed by atoms with E-state index in [1.165, 1.54) is 17.2 Å². The molecule has 114 valence electrons.